The van der Waals surface area contributed by atoms with E-state index in [1.54, 1.807) is 13.8 Å². The van der Waals surface area contributed by atoms with Crippen LogP contribution in [0, 0.1) is 16.7 Å². The van der Waals surface area contributed by atoms with Crippen LogP contribution in [0.15, 0.2) is 30.3 Å². The Kier molecular flexibility index (Phi) is 4.97. The molecule has 0 N–H and O–H groups in total. The van der Waals surface area contributed by atoms with Crippen LogP contribution in [-0.2, 0) is 19.6 Å². The summed E-state index contributed by atoms with van der Waals surface area (Å²) in [6, 6.07) is 11.4. The molecule has 0 saturated heterocycles. The Hall–Kier alpha value is -1.64. The van der Waals surface area contributed by atoms with E-state index in [-0.39, 0.29) is 0 Å². The molecule has 0 bridgehead atoms. The third kappa shape index (κ3) is 3.34. The number of nitriles is 1. The fourth-order valence-electron chi connectivity index (χ4n) is 2.31. The number of esters is 1. The van der Waals surface area contributed by atoms with Crippen molar-refractivity contribution in [2.24, 2.45) is 5.41 Å². The Balaban J connectivity index is 3.56. The highest BCUT2D eigenvalue weighted by Crippen LogP contribution is 2.45. The molecular weight excluding hydrogens is 282 g/mol. The van der Waals surface area contributed by atoms with Crippen molar-refractivity contribution in [1.29, 1.82) is 5.26 Å². The molecule has 1 aromatic rings. The second-order valence-corrected chi connectivity index (χ2v) is 10.9. The fraction of sp³-hybridized carbons (Fsp3) is 0.500. The number of rotatable bonds is 5. The summed E-state index contributed by atoms with van der Waals surface area (Å²) in [4.78, 5) is 12.3. The second kappa shape index (κ2) is 6.00. The van der Waals surface area contributed by atoms with Gasteiger partial charge < -0.3 is 9.16 Å². The molecule has 0 aliphatic rings. The molecule has 114 valence electrons. The van der Waals surface area contributed by atoms with Gasteiger partial charge in [-0.15, -0.1) is 0 Å². The number of carbonyl (C=O) groups is 1. The van der Waals surface area contributed by atoms with Gasteiger partial charge in [0.2, 0.25) is 0 Å². The Bertz CT molecular complexity index is 543. The number of ether oxygens (including phenoxy) is 1. The molecule has 0 aliphatic carbocycles. The van der Waals surface area contributed by atoms with Crippen molar-refractivity contribution in [3.63, 3.8) is 0 Å². The molecule has 0 heterocycles. The minimum Gasteiger partial charge on any atom is -0.468 e. The molecule has 0 saturated carbocycles. The zero-order valence-corrected chi connectivity index (χ0v) is 14.6. The number of benzene rings is 1. The zero-order chi connectivity index (χ0) is 16.3. The van der Waals surface area contributed by atoms with Crippen molar-refractivity contribution in [2.75, 3.05) is 7.11 Å². The minimum absolute atomic E-state index is 0.467. The van der Waals surface area contributed by atoms with E-state index in [1.165, 1.54) is 7.11 Å². The monoisotopic (exact) mass is 305 g/mol. The van der Waals surface area contributed by atoms with Crippen molar-refractivity contribution in [3.8, 4) is 6.07 Å². The topological polar surface area (TPSA) is 59.3 Å². The summed E-state index contributed by atoms with van der Waals surface area (Å²) in [6.45, 7) is 9.37. The lowest BCUT2D eigenvalue weighted by molar-refractivity contribution is -0.161. The molecule has 0 radical (unpaired) electrons. The van der Waals surface area contributed by atoms with Gasteiger partial charge in [-0.2, -0.15) is 5.26 Å². The second-order valence-electron chi connectivity index (χ2n) is 6.49. The van der Waals surface area contributed by atoms with Gasteiger partial charge in [-0.05, 0) is 39.1 Å². The number of carbonyl (C=O) groups excluding carboxylic acids is 1. The molecule has 21 heavy (non-hydrogen) atoms. The molecular formula is C16H23NO3Si. The van der Waals surface area contributed by atoms with Crippen molar-refractivity contribution >= 4 is 14.3 Å². The first-order chi connectivity index (χ1) is 9.60. The highest BCUT2D eigenvalue weighted by atomic mass is 28.4. The smallest absolute Gasteiger partial charge is 0.315 e. The summed E-state index contributed by atoms with van der Waals surface area (Å²) in [6.07, 6.45) is 0. The highest BCUT2D eigenvalue weighted by Gasteiger charge is 2.55. The molecule has 0 amide bonds. The van der Waals surface area contributed by atoms with Crippen LogP contribution in [0.3, 0.4) is 0 Å². The lowest BCUT2D eigenvalue weighted by Crippen LogP contribution is -2.53. The normalized spacial score (nSPS) is 14.9. The third-order valence-corrected chi connectivity index (χ3v) is 4.29. The third-order valence-electron chi connectivity index (χ3n) is 3.37. The van der Waals surface area contributed by atoms with Gasteiger partial charge in [0.1, 0.15) is 11.5 Å². The Morgan fingerprint density at radius 1 is 1.19 bits per heavy atom. The van der Waals surface area contributed by atoms with Crippen LogP contribution in [-0.4, -0.2) is 21.4 Å². The maximum atomic E-state index is 12.3. The van der Waals surface area contributed by atoms with Crippen LogP contribution in [0.2, 0.25) is 19.6 Å². The summed E-state index contributed by atoms with van der Waals surface area (Å²) in [7, 11) is -0.770. The van der Waals surface area contributed by atoms with E-state index in [0.29, 0.717) is 5.56 Å². The van der Waals surface area contributed by atoms with E-state index in [1.807, 2.05) is 50.0 Å². The van der Waals surface area contributed by atoms with Gasteiger partial charge in [0.05, 0.1) is 7.11 Å². The molecule has 5 heteroatoms. The maximum absolute atomic E-state index is 12.3. The van der Waals surface area contributed by atoms with Gasteiger partial charge in [0, 0.05) is 0 Å². The first-order valence-electron chi connectivity index (χ1n) is 6.86. The minimum atomic E-state index is -2.10. The quantitative estimate of drug-likeness (QED) is 0.617. The average Bonchev–Trinajstić information content (AvgIpc) is 2.43. The van der Waals surface area contributed by atoms with Crippen molar-refractivity contribution in [3.05, 3.63) is 35.9 Å². The molecule has 0 aliphatic heterocycles. The van der Waals surface area contributed by atoms with Crippen LogP contribution in [0.25, 0.3) is 0 Å². The fourth-order valence-corrected chi connectivity index (χ4v) is 3.64. The molecule has 1 unspecified atom stereocenters. The van der Waals surface area contributed by atoms with Crippen LogP contribution >= 0.6 is 0 Å². The lowest BCUT2D eigenvalue weighted by atomic mass is 9.71. The average molecular weight is 305 g/mol. The Morgan fingerprint density at radius 2 is 1.71 bits per heavy atom. The molecule has 0 spiro atoms. The summed E-state index contributed by atoms with van der Waals surface area (Å²) < 4.78 is 11.1. The molecule has 4 nitrogen and oxygen atoms in total. The first kappa shape index (κ1) is 17.4. The zero-order valence-electron chi connectivity index (χ0n) is 13.6. The predicted molar refractivity (Wildman–Crippen MR) is 84.0 cm³/mol. The summed E-state index contributed by atoms with van der Waals surface area (Å²) in [5.74, 6) is -0.467. The van der Waals surface area contributed by atoms with E-state index in [2.05, 4.69) is 6.07 Å². The molecule has 1 aromatic carbocycles. The van der Waals surface area contributed by atoms with E-state index in [0.717, 1.165) is 0 Å². The van der Waals surface area contributed by atoms with Gasteiger partial charge >= 0.3 is 5.97 Å². The summed E-state index contributed by atoms with van der Waals surface area (Å²) >= 11 is 0. The number of methoxy groups -OCH3 is 1. The van der Waals surface area contributed by atoms with E-state index < -0.39 is 25.3 Å². The largest absolute Gasteiger partial charge is 0.468 e. The molecule has 1 atom stereocenters. The lowest BCUT2D eigenvalue weighted by Gasteiger charge is -2.43. The van der Waals surface area contributed by atoms with Crippen molar-refractivity contribution in [2.45, 2.75) is 39.1 Å². The van der Waals surface area contributed by atoms with Crippen molar-refractivity contribution in [1.82, 2.24) is 0 Å². The van der Waals surface area contributed by atoms with E-state index in [4.69, 9.17) is 9.16 Å². The van der Waals surface area contributed by atoms with E-state index >= 15 is 0 Å². The first-order valence-corrected chi connectivity index (χ1v) is 10.3. The van der Waals surface area contributed by atoms with Crippen LogP contribution < -0.4 is 0 Å². The maximum Gasteiger partial charge on any atom is 0.315 e. The number of hydrogen-bond donors (Lipinski definition) is 0. The number of hydrogen-bond acceptors (Lipinski definition) is 4. The predicted octanol–water partition coefficient (Wildman–Crippen LogP) is 3.46. The highest BCUT2D eigenvalue weighted by molar-refractivity contribution is 6.69. The summed E-state index contributed by atoms with van der Waals surface area (Å²) in [5, 5.41) is 9.91. The van der Waals surface area contributed by atoms with Crippen LogP contribution in [0.4, 0.5) is 0 Å². The van der Waals surface area contributed by atoms with Crippen molar-refractivity contribution < 1.29 is 14.0 Å². The summed E-state index contributed by atoms with van der Waals surface area (Å²) in [5.41, 5.74) is -1.82. The molecule has 0 aromatic heterocycles. The van der Waals surface area contributed by atoms with Crippen LogP contribution in [0.1, 0.15) is 19.4 Å². The van der Waals surface area contributed by atoms with Gasteiger partial charge in [-0.3, -0.25) is 4.79 Å². The number of nitrogens with zero attached hydrogens (tertiary/aromatic N) is 1. The molecule has 1 rings (SSSR count). The SMILES string of the molecule is COC(=O)C(C)(C)C(C#N)(O[Si](C)(C)C)c1ccccc1. The van der Waals surface area contributed by atoms with Crippen LogP contribution in [0.5, 0.6) is 0 Å². The van der Waals surface area contributed by atoms with Gasteiger partial charge in [-0.1, -0.05) is 30.3 Å². The Morgan fingerprint density at radius 3 is 2.10 bits per heavy atom. The Labute approximate surface area is 127 Å². The standard InChI is InChI=1S/C16H23NO3Si/c1-15(2,14(18)19-3)16(12-17,20-21(4,5)6)13-10-8-7-9-11-13/h7-11H,1-6H3. The van der Waals surface area contributed by atoms with Gasteiger partial charge in [0.25, 0.3) is 0 Å². The van der Waals surface area contributed by atoms with Gasteiger partial charge in [-0.25, -0.2) is 0 Å². The van der Waals surface area contributed by atoms with E-state index in [9.17, 15) is 10.1 Å². The molecule has 0 fully saturated rings. The van der Waals surface area contributed by atoms with Gasteiger partial charge in [0.15, 0.2) is 13.9 Å².